The molecular formula is C18H24N4. The van der Waals surface area contributed by atoms with Gasteiger partial charge in [0.15, 0.2) is 0 Å². The Morgan fingerprint density at radius 1 is 1.09 bits per heavy atom. The van der Waals surface area contributed by atoms with E-state index in [-0.39, 0.29) is 0 Å². The predicted molar refractivity (Wildman–Crippen MR) is 89.9 cm³/mol. The van der Waals surface area contributed by atoms with E-state index in [1.165, 1.54) is 37.9 Å². The van der Waals surface area contributed by atoms with Crippen LogP contribution in [0.3, 0.4) is 0 Å². The van der Waals surface area contributed by atoms with Crippen LogP contribution in [0.2, 0.25) is 0 Å². The standard InChI is InChI=1S/C18H24N4/c1-15-10-11-19-18(21-15)20-14-17(16-8-4-2-5-9-16)22-12-6-3-7-13-22/h2,4-5,8-11,17H,3,6-7,12-14H2,1H3,(H,19,20,21)/t17-/m0/s1. The van der Waals surface area contributed by atoms with Crippen LogP contribution in [-0.4, -0.2) is 34.5 Å². The molecule has 4 heteroatoms. The minimum atomic E-state index is 0.380. The highest BCUT2D eigenvalue weighted by Crippen LogP contribution is 2.24. The number of piperidine rings is 1. The molecular weight excluding hydrogens is 272 g/mol. The molecule has 0 saturated carbocycles. The van der Waals surface area contributed by atoms with Crippen LogP contribution in [0.15, 0.2) is 42.6 Å². The van der Waals surface area contributed by atoms with Crippen LogP contribution in [0.1, 0.15) is 36.6 Å². The van der Waals surface area contributed by atoms with Gasteiger partial charge in [-0.15, -0.1) is 0 Å². The normalized spacial score (nSPS) is 17.1. The minimum absolute atomic E-state index is 0.380. The Labute approximate surface area is 132 Å². The zero-order valence-electron chi connectivity index (χ0n) is 13.2. The molecule has 1 aliphatic heterocycles. The molecule has 2 heterocycles. The predicted octanol–water partition coefficient (Wildman–Crippen LogP) is 3.42. The number of likely N-dealkylation sites (tertiary alicyclic amines) is 1. The van der Waals surface area contributed by atoms with E-state index in [2.05, 4.69) is 50.5 Å². The molecule has 1 aliphatic rings. The largest absolute Gasteiger partial charge is 0.352 e. The van der Waals surface area contributed by atoms with Crippen molar-refractivity contribution in [2.45, 2.75) is 32.2 Å². The summed E-state index contributed by atoms with van der Waals surface area (Å²) in [5, 5.41) is 3.42. The Bertz CT molecular complexity index is 579. The second kappa shape index (κ2) is 7.36. The van der Waals surface area contributed by atoms with E-state index in [9.17, 15) is 0 Å². The fraction of sp³-hybridized carbons (Fsp3) is 0.444. The van der Waals surface area contributed by atoms with E-state index < -0.39 is 0 Å². The average Bonchev–Trinajstić information content (AvgIpc) is 2.57. The van der Waals surface area contributed by atoms with Crippen molar-refractivity contribution in [3.63, 3.8) is 0 Å². The maximum Gasteiger partial charge on any atom is 0.222 e. The summed E-state index contributed by atoms with van der Waals surface area (Å²) < 4.78 is 0. The van der Waals surface area contributed by atoms with Gasteiger partial charge in [-0.05, 0) is 44.5 Å². The van der Waals surface area contributed by atoms with Gasteiger partial charge >= 0.3 is 0 Å². The van der Waals surface area contributed by atoms with E-state index in [1.807, 2.05) is 19.2 Å². The lowest BCUT2D eigenvalue weighted by molar-refractivity contribution is 0.170. The molecule has 1 N–H and O–H groups in total. The second-order valence-electron chi connectivity index (χ2n) is 5.93. The van der Waals surface area contributed by atoms with Gasteiger partial charge in [0.25, 0.3) is 0 Å². The van der Waals surface area contributed by atoms with Gasteiger partial charge < -0.3 is 5.32 Å². The first kappa shape index (κ1) is 15.0. The molecule has 0 radical (unpaired) electrons. The summed E-state index contributed by atoms with van der Waals surface area (Å²) in [6.45, 7) is 5.19. The Kier molecular flexibility index (Phi) is 5.01. The number of rotatable bonds is 5. The Hall–Kier alpha value is -1.94. The quantitative estimate of drug-likeness (QED) is 0.918. The van der Waals surface area contributed by atoms with Gasteiger partial charge in [-0.3, -0.25) is 4.90 Å². The Morgan fingerprint density at radius 3 is 2.59 bits per heavy atom. The molecule has 1 aromatic heterocycles. The zero-order valence-corrected chi connectivity index (χ0v) is 13.2. The van der Waals surface area contributed by atoms with Crippen LogP contribution in [0, 0.1) is 6.92 Å². The molecule has 0 amide bonds. The lowest BCUT2D eigenvalue weighted by atomic mass is 10.0. The lowest BCUT2D eigenvalue weighted by Gasteiger charge is -2.35. The van der Waals surface area contributed by atoms with E-state index >= 15 is 0 Å². The lowest BCUT2D eigenvalue weighted by Crippen LogP contribution is -2.37. The first-order chi connectivity index (χ1) is 10.8. The molecule has 116 valence electrons. The molecule has 3 rings (SSSR count). The van der Waals surface area contributed by atoms with Gasteiger partial charge in [-0.2, -0.15) is 0 Å². The first-order valence-electron chi connectivity index (χ1n) is 8.15. The SMILES string of the molecule is Cc1ccnc(NC[C@@H](c2ccccc2)N2CCCCC2)n1. The summed E-state index contributed by atoms with van der Waals surface area (Å²) in [5.41, 5.74) is 2.36. The maximum absolute atomic E-state index is 4.44. The van der Waals surface area contributed by atoms with Gasteiger partial charge in [0, 0.05) is 18.4 Å². The number of hydrogen-bond donors (Lipinski definition) is 1. The fourth-order valence-corrected chi connectivity index (χ4v) is 3.09. The summed E-state index contributed by atoms with van der Waals surface area (Å²) in [4.78, 5) is 11.3. The second-order valence-corrected chi connectivity index (χ2v) is 5.93. The van der Waals surface area contributed by atoms with Gasteiger partial charge in [-0.25, -0.2) is 9.97 Å². The van der Waals surface area contributed by atoms with E-state index in [4.69, 9.17) is 0 Å². The van der Waals surface area contributed by atoms with Crippen molar-refractivity contribution < 1.29 is 0 Å². The Balaban J connectivity index is 1.73. The smallest absolute Gasteiger partial charge is 0.222 e. The van der Waals surface area contributed by atoms with Crippen molar-refractivity contribution in [1.29, 1.82) is 0 Å². The summed E-state index contributed by atoms with van der Waals surface area (Å²) in [7, 11) is 0. The molecule has 1 fully saturated rings. The van der Waals surface area contributed by atoms with Gasteiger partial charge in [-0.1, -0.05) is 36.8 Å². The highest BCUT2D eigenvalue weighted by molar-refractivity contribution is 5.28. The van der Waals surface area contributed by atoms with Crippen LogP contribution in [0.25, 0.3) is 0 Å². The van der Waals surface area contributed by atoms with Crippen molar-refractivity contribution in [2.75, 3.05) is 25.0 Å². The summed E-state index contributed by atoms with van der Waals surface area (Å²) >= 11 is 0. The van der Waals surface area contributed by atoms with Crippen LogP contribution in [0.5, 0.6) is 0 Å². The van der Waals surface area contributed by atoms with Crippen molar-refractivity contribution >= 4 is 5.95 Å². The summed E-state index contributed by atoms with van der Waals surface area (Å²) in [5.74, 6) is 0.720. The fourth-order valence-electron chi connectivity index (χ4n) is 3.09. The number of anilines is 1. The van der Waals surface area contributed by atoms with Crippen LogP contribution in [-0.2, 0) is 0 Å². The maximum atomic E-state index is 4.44. The third-order valence-electron chi connectivity index (χ3n) is 4.26. The van der Waals surface area contributed by atoms with Gasteiger partial charge in [0.2, 0.25) is 5.95 Å². The van der Waals surface area contributed by atoms with Crippen molar-refractivity contribution in [3.8, 4) is 0 Å². The monoisotopic (exact) mass is 296 g/mol. The van der Waals surface area contributed by atoms with Gasteiger partial charge in [0.05, 0.1) is 6.04 Å². The molecule has 1 atom stereocenters. The van der Waals surface area contributed by atoms with Crippen LogP contribution < -0.4 is 5.32 Å². The molecule has 22 heavy (non-hydrogen) atoms. The van der Waals surface area contributed by atoms with Crippen molar-refractivity contribution in [3.05, 3.63) is 53.9 Å². The van der Waals surface area contributed by atoms with Crippen molar-refractivity contribution in [2.24, 2.45) is 0 Å². The van der Waals surface area contributed by atoms with Crippen LogP contribution >= 0.6 is 0 Å². The molecule has 0 unspecified atom stereocenters. The number of nitrogens with one attached hydrogen (secondary N) is 1. The van der Waals surface area contributed by atoms with E-state index in [0.29, 0.717) is 6.04 Å². The molecule has 0 spiro atoms. The molecule has 2 aromatic rings. The van der Waals surface area contributed by atoms with E-state index in [1.54, 1.807) is 0 Å². The third kappa shape index (κ3) is 3.83. The number of aromatic nitrogens is 2. The first-order valence-corrected chi connectivity index (χ1v) is 8.15. The summed E-state index contributed by atoms with van der Waals surface area (Å²) in [6.07, 6.45) is 5.75. The number of aryl methyl sites for hydroxylation is 1. The number of nitrogens with zero attached hydrogens (tertiary/aromatic N) is 3. The molecule has 0 aliphatic carbocycles. The minimum Gasteiger partial charge on any atom is -0.352 e. The van der Waals surface area contributed by atoms with E-state index in [0.717, 1.165) is 18.2 Å². The van der Waals surface area contributed by atoms with Crippen molar-refractivity contribution in [1.82, 2.24) is 14.9 Å². The number of benzene rings is 1. The topological polar surface area (TPSA) is 41.1 Å². The highest BCUT2D eigenvalue weighted by Gasteiger charge is 2.22. The van der Waals surface area contributed by atoms with Crippen LogP contribution in [0.4, 0.5) is 5.95 Å². The molecule has 1 aromatic carbocycles. The van der Waals surface area contributed by atoms with Gasteiger partial charge in [0.1, 0.15) is 0 Å². The Morgan fingerprint density at radius 2 is 1.86 bits per heavy atom. The third-order valence-corrected chi connectivity index (χ3v) is 4.26. The molecule has 4 nitrogen and oxygen atoms in total. The molecule has 1 saturated heterocycles. The summed E-state index contributed by atoms with van der Waals surface area (Å²) in [6, 6.07) is 13.1. The average molecular weight is 296 g/mol. The highest BCUT2D eigenvalue weighted by atomic mass is 15.2. The number of hydrogen-bond acceptors (Lipinski definition) is 4. The zero-order chi connectivity index (χ0) is 15.2. The molecule has 0 bridgehead atoms.